The number of hydrogen-bond donors (Lipinski definition) is 2. The molecule has 1 saturated carbocycles. The lowest BCUT2D eigenvalue weighted by molar-refractivity contribution is 0.276. The molecule has 1 fully saturated rings. The van der Waals surface area contributed by atoms with Gasteiger partial charge in [0.05, 0.1) is 5.69 Å². The van der Waals surface area contributed by atoms with Crippen molar-refractivity contribution in [2.45, 2.75) is 58.2 Å². The summed E-state index contributed by atoms with van der Waals surface area (Å²) in [5, 5.41) is 20.5. The third-order valence-corrected chi connectivity index (χ3v) is 3.72. The fourth-order valence-electron chi connectivity index (χ4n) is 2.47. The number of nitrogens with zero attached hydrogens (tertiary/aromatic N) is 3. The Morgan fingerprint density at radius 1 is 1.39 bits per heavy atom. The van der Waals surface area contributed by atoms with Crippen LogP contribution in [0.5, 0.6) is 0 Å². The van der Waals surface area contributed by atoms with Gasteiger partial charge in [0.2, 0.25) is 0 Å². The fourth-order valence-corrected chi connectivity index (χ4v) is 2.47. The molecular formula is C13H24N4O. The molecule has 18 heavy (non-hydrogen) atoms. The molecule has 0 spiro atoms. The Bertz CT molecular complexity index is 345. The average molecular weight is 252 g/mol. The van der Waals surface area contributed by atoms with Gasteiger partial charge < -0.3 is 10.4 Å². The quantitative estimate of drug-likeness (QED) is 0.801. The summed E-state index contributed by atoms with van der Waals surface area (Å²) >= 11 is 0. The van der Waals surface area contributed by atoms with E-state index in [9.17, 15) is 0 Å². The van der Waals surface area contributed by atoms with Gasteiger partial charge in [-0.2, -0.15) is 0 Å². The topological polar surface area (TPSA) is 63.0 Å². The number of aryl methyl sites for hydroxylation is 1. The van der Waals surface area contributed by atoms with Crippen molar-refractivity contribution < 1.29 is 5.11 Å². The molecule has 0 atom stereocenters. The minimum absolute atomic E-state index is 0.202. The first-order valence-electron chi connectivity index (χ1n) is 7.01. The minimum atomic E-state index is 0.202. The highest BCUT2D eigenvalue weighted by Gasteiger charge is 2.17. The van der Waals surface area contributed by atoms with Crippen LogP contribution < -0.4 is 5.32 Å². The molecule has 0 unspecified atom stereocenters. The molecule has 1 aliphatic carbocycles. The smallest absolute Gasteiger partial charge is 0.0964 e. The number of rotatable bonds is 6. The predicted octanol–water partition coefficient (Wildman–Crippen LogP) is 1.33. The van der Waals surface area contributed by atoms with Crippen LogP contribution in [0.2, 0.25) is 0 Å². The van der Waals surface area contributed by atoms with E-state index >= 15 is 0 Å². The molecule has 1 aromatic heterocycles. The number of aliphatic hydroxyl groups excluding tert-OH is 1. The molecule has 2 rings (SSSR count). The lowest BCUT2D eigenvalue weighted by atomic mass is 9.87. The Hall–Kier alpha value is -0.940. The first-order valence-corrected chi connectivity index (χ1v) is 7.01. The average Bonchev–Trinajstić information content (AvgIpc) is 2.84. The lowest BCUT2D eigenvalue weighted by Crippen LogP contribution is -2.32. The van der Waals surface area contributed by atoms with Crippen molar-refractivity contribution in [3.63, 3.8) is 0 Å². The summed E-state index contributed by atoms with van der Waals surface area (Å²) in [6, 6.07) is 0.642. The van der Waals surface area contributed by atoms with E-state index in [2.05, 4.69) is 22.6 Å². The van der Waals surface area contributed by atoms with Crippen molar-refractivity contribution in [1.82, 2.24) is 20.3 Å². The van der Waals surface area contributed by atoms with Gasteiger partial charge in [-0.3, -0.25) is 4.68 Å². The van der Waals surface area contributed by atoms with Crippen molar-refractivity contribution in [1.29, 1.82) is 0 Å². The first-order chi connectivity index (χ1) is 8.78. The molecule has 5 heteroatoms. The second kappa shape index (κ2) is 6.85. The van der Waals surface area contributed by atoms with Crippen LogP contribution in [0, 0.1) is 5.92 Å². The molecule has 1 heterocycles. The molecule has 0 radical (unpaired) electrons. The summed E-state index contributed by atoms with van der Waals surface area (Å²) in [6.45, 7) is 4.08. The van der Waals surface area contributed by atoms with Crippen molar-refractivity contribution in [2.75, 3.05) is 6.61 Å². The highest BCUT2D eigenvalue weighted by Crippen LogP contribution is 2.23. The van der Waals surface area contributed by atoms with Crippen LogP contribution in [0.25, 0.3) is 0 Å². The maximum absolute atomic E-state index is 8.76. The summed E-state index contributed by atoms with van der Waals surface area (Å²) in [5.74, 6) is 0.891. The molecule has 0 saturated heterocycles. The molecule has 0 aromatic carbocycles. The molecule has 0 bridgehead atoms. The van der Waals surface area contributed by atoms with E-state index in [1.807, 2.05) is 6.20 Å². The fraction of sp³-hybridized carbons (Fsp3) is 0.846. The van der Waals surface area contributed by atoms with Gasteiger partial charge >= 0.3 is 0 Å². The zero-order valence-corrected chi connectivity index (χ0v) is 11.2. The van der Waals surface area contributed by atoms with Crippen LogP contribution >= 0.6 is 0 Å². The van der Waals surface area contributed by atoms with E-state index in [0.717, 1.165) is 31.1 Å². The van der Waals surface area contributed by atoms with Crippen LogP contribution in [0.4, 0.5) is 0 Å². The zero-order valence-electron chi connectivity index (χ0n) is 11.2. The van der Waals surface area contributed by atoms with Crippen molar-refractivity contribution >= 4 is 0 Å². The normalized spacial score (nSPS) is 24.3. The molecule has 0 amide bonds. The van der Waals surface area contributed by atoms with E-state index in [1.54, 1.807) is 4.68 Å². The number of aliphatic hydroxyl groups is 1. The van der Waals surface area contributed by atoms with E-state index in [-0.39, 0.29) is 6.61 Å². The largest absolute Gasteiger partial charge is 0.396 e. The maximum Gasteiger partial charge on any atom is 0.0964 e. The van der Waals surface area contributed by atoms with E-state index in [0.29, 0.717) is 6.04 Å². The number of hydrogen-bond acceptors (Lipinski definition) is 4. The Morgan fingerprint density at radius 3 is 2.89 bits per heavy atom. The zero-order chi connectivity index (χ0) is 12.8. The summed E-state index contributed by atoms with van der Waals surface area (Å²) in [7, 11) is 0. The number of nitrogens with one attached hydrogen (secondary N) is 1. The lowest BCUT2D eigenvalue weighted by Gasteiger charge is -2.26. The van der Waals surface area contributed by atoms with Gasteiger partial charge in [-0.1, -0.05) is 12.1 Å². The van der Waals surface area contributed by atoms with Crippen molar-refractivity contribution in [3.8, 4) is 0 Å². The highest BCUT2D eigenvalue weighted by molar-refractivity contribution is 4.92. The van der Waals surface area contributed by atoms with Crippen LogP contribution in [-0.4, -0.2) is 32.7 Å². The Labute approximate surface area is 109 Å². The summed E-state index contributed by atoms with van der Waals surface area (Å²) in [4.78, 5) is 0. The standard InChI is InChI=1S/C13H24N4O/c1-11-3-5-12(6-4-11)14-9-13-10-17(16-15-13)7-2-8-18/h10-12,14,18H,2-9H2,1H3. The SMILES string of the molecule is CC1CCC(NCc2cn(CCCO)nn2)CC1. The van der Waals surface area contributed by atoms with E-state index in [1.165, 1.54) is 25.7 Å². The molecule has 1 aliphatic rings. The molecule has 0 aliphatic heterocycles. The Kier molecular flexibility index (Phi) is 5.13. The third-order valence-electron chi connectivity index (χ3n) is 3.72. The molecule has 1 aromatic rings. The van der Waals surface area contributed by atoms with Crippen LogP contribution in [0.1, 0.15) is 44.7 Å². The van der Waals surface area contributed by atoms with Gasteiger partial charge in [0, 0.05) is 31.9 Å². The maximum atomic E-state index is 8.76. The predicted molar refractivity (Wildman–Crippen MR) is 70.0 cm³/mol. The van der Waals surface area contributed by atoms with E-state index in [4.69, 9.17) is 5.11 Å². The van der Waals surface area contributed by atoms with Gasteiger partial charge in [0.25, 0.3) is 0 Å². The number of aromatic nitrogens is 3. The van der Waals surface area contributed by atoms with Gasteiger partial charge in [0.1, 0.15) is 0 Å². The molecular weight excluding hydrogens is 228 g/mol. The first kappa shape index (κ1) is 13.5. The van der Waals surface area contributed by atoms with Gasteiger partial charge in [0.15, 0.2) is 0 Å². The van der Waals surface area contributed by atoms with Crippen LogP contribution in [-0.2, 0) is 13.1 Å². The summed E-state index contributed by atoms with van der Waals surface area (Å²) < 4.78 is 1.80. The van der Waals surface area contributed by atoms with E-state index < -0.39 is 0 Å². The van der Waals surface area contributed by atoms with Crippen LogP contribution in [0.3, 0.4) is 0 Å². The summed E-state index contributed by atoms with van der Waals surface area (Å²) in [6.07, 6.45) is 7.92. The second-order valence-corrected chi connectivity index (χ2v) is 5.39. The van der Waals surface area contributed by atoms with Gasteiger partial charge in [-0.25, -0.2) is 0 Å². The van der Waals surface area contributed by atoms with Crippen LogP contribution in [0.15, 0.2) is 6.20 Å². The van der Waals surface area contributed by atoms with Crippen molar-refractivity contribution in [3.05, 3.63) is 11.9 Å². The van der Waals surface area contributed by atoms with Crippen molar-refractivity contribution in [2.24, 2.45) is 5.92 Å². The second-order valence-electron chi connectivity index (χ2n) is 5.39. The minimum Gasteiger partial charge on any atom is -0.396 e. The summed E-state index contributed by atoms with van der Waals surface area (Å²) in [5.41, 5.74) is 0.992. The third kappa shape index (κ3) is 4.07. The molecule has 2 N–H and O–H groups in total. The Morgan fingerprint density at radius 2 is 2.17 bits per heavy atom. The molecule has 102 valence electrons. The van der Waals surface area contributed by atoms with Gasteiger partial charge in [-0.05, 0) is 38.0 Å². The molecule has 5 nitrogen and oxygen atoms in total. The Balaban J connectivity index is 1.71. The highest BCUT2D eigenvalue weighted by atomic mass is 16.3. The van der Waals surface area contributed by atoms with Gasteiger partial charge in [-0.15, -0.1) is 5.10 Å². The monoisotopic (exact) mass is 252 g/mol.